The molecule has 4 N–H and O–H groups in total. The van der Waals surface area contributed by atoms with Gasteiger partial charge in [0.05, 0.1) is 0 Å². The number of anilines is 6. The monoisotopic (exact) mass is 539 g/mol. The van der Waals surface area contributed by atoms with Gasteiger partial charge in [-0.1, -0.05) is 15.9 Å². The van der Waals surface area contributed by atoms with E-state index in [1.807, 2.05) is 12.1 Å². The molecule has 3 aromatic carbocycles. The Morgan fingerprint density at radius 3 is 1.63 bits per heavy atom. The van der Waals surface area contributed by atoms with Crippen LogP contribution in [0.25, 0.3) is 0 Å². The summed E-state index contributed by atoms with van der Waals surface area (Å²) in [6, 6.07) is 17.8. The van der Waals surface area contributed by atoms with Gasteiger partial charge in [-0.05, 0) is 79.7 Å². The number of carbonyl (C=O) groups is 1. The molecule has 0 aliphatic carbocycles. The van der Waals surface area contributed by atoms with Gasteiger partial charge >= 0.3 is 0 Å². The number of amides is 1. The Morgan fingerprint density at radius 2 is 1.14 bits per heavy atom. The molecule has 1 unspecified atom stereocenters. The first kappa shape index (κ1) is 24.0. The molecule has 0 fully saturated rings. The van der Waals surface area contributed by atoms with Crippen LogP contribution in [0.3, 0.4) is 0 Å². The van der Waals surface area contributed by atoms with Crippen molar-refractivity contribution in [3.05, 3.63) is 88.9 Å². The molecule has 0 saturated heterocycles. The minimum absolute atomic E-state index is 0.118. The molecule has 1 heterocycles. The van der Waals surface area contributed by atoms with E-state index in [9.17, 15) is 13.6 Å². The summed E-state index contributed by atoms with van der Waals surface area (Å²) in [5.74, 6) is -0.629. The summed E-state index contributed by atoms with van der Waals surface area (Å²) in [6.07, 6.45) is 0. The van der Waals surface area contributed by atoms with E-state index in [4.69, 9.17) is 0 Å². The van der Waals surface area contributed by atoms with Gasteiger partial charge in [-0.3, -0.25) is 4.79 Å². The van der Waals surface area contributed by atoms with E-state index in [1.165, 1.54) is 48.5 Å². The first-order valence-corrected chi connectivity index (χ1v) is 11.3. The van der Waals surface area contributed by atoms with Crippen LogP contribution in [0.2, 0.25) is 0 Å². The average molecular weight is 540 g/mol. The second-order valence-electron chi connectivity index (χ2n) is 7.43. The molecular weight excluding hydrogens is 520 g/mol. The van der Waals surface area contributed by atoms with E-state index in [0.717, 1.165) is 4.47 Å². The Balaban J connectivity index is 1.54. The van der Waals surface area contributed by atoms with Gasteiger partial charge in [0, 0.05) is 21.5 Å². The van der Waals surface area contributed by atoms with E-state index in [0.29, 0.717) is 17.1 Å². The average Bonchev–Trinajstić information content (AvgIpc) is 2.83. The van der Waals surface area contributed by atoms with Gasteiger partial charge in [-0.15, -0.1) is 0 Å². The van der Waals surface area contributed by atoms with Crippen LogP contribution >= 0.6 is 15.9 Å². The van der Waals surface area contributed by atoms with Crippen molar-refractivity contribution in [1.29, 1.82) is 0 Å². The highest BCUT2D eigenvalue weighted by Gasteiger charge is 2.16. The fraction of sp³-hybridized carbons (Fsp3) is 0.0833. The van der Waals surface area contributed by atoms with Crippen molar-refractivity contribution >= 4 is 56.7 Å². The third-order valence-corrected chi connectivity index (χ3v) is 5.22. The van der Waals surface area contributed by atoms with Crippen molar-refractivity contribution in [2.45, 2.75) is 13.0 Å². The number of aromatic nitrogens is 3. The fourth-order valence-corrected chi connectivity index (χ4v) is 3.18. The van der Waals surface area contributed by atoms with Crippen molar-refractivity contribution in [2.24, 2.45) is 0 Å². The lowest BCUT2D eigenvalue weighted by Crippen LogP contribution is -2.32. The highest BCUT2D eigenvalue weighted by atomic mass is 79.9. The smallest absolute Gasteiger partial charge is 0.246 e. The molecule has 0 aliphatic heterocycles. The van der Waals surface area contributed by atoms with Crippen LogP contribution in [0.5, 0.6) is 0 Å². The van der Waals surface area contributed by atoms with Crippen LogP contribution in [-0.4, -0.2) is 26.9 Å². The van der Waals surface area contributed by atoms with E-state index in [2.05, 4.69) is 52.1 Å². The molecule has 0 aliphatic rings. The number of nitrogens with zero attached hydrogens (tertiary/aromatic N) is 3. The van der Waals surface area contributed by atoms with Gasteiger partial charge in [0.2, 0.25) is 23.8 Å². The minimum atomic E-state index is -0.696. The van der Waals surface area contributed by atoms with Crippen molar-refractivity contribution in [3.63, 3.8) is 0 Å². The summed E-state index contributed by atoms with van der Waals surface area (Å²) in [5, 5.41) is 11.7. The zero-order valence-corrected chi connectivity index (χ0v) is 20.0. The van der Waals surface area contributed by atoms with E-state index in [1.54, 1.807) is 19.1 Å². The molecule has 35 heavy (non-hydrogen) atoms. The number of hydrogen-bond acceptors (Lipinski definition) is 7. The molecule has 0 spiro atoms. The summed E-state index contributed by atoms with van der Waals surface area (Å²) in [4.78, 5) is 25.6. The number of hydrogen-bond donors (Lipinski definition) is 4. The molecular formula is C24H20BrF2N7O. The first-order valence-electron chi connectivity index (χ1n) is 10.5. The number of halogens is 3. The Morgan fingerprint density at radius 1 is 0.714 bits per heavy atom. The van der Waals surface area contributed by atoms with Crippen LogP contribution in [0.4, 0.5) is 43.7 Å². The lowest BCUT2D eigenvalue weighted by Gasteiger charge is -2.16. The summed E-state index contributed by atoms with van der Waals surface area (Å²) in [5.41, 5.74) is 1.74. The van der Waals surface area contributed by atoms with Crippen molar-refractivity contribution in [3.8, 4) is 0 Å². The SMILES string of the molecule is CC(Nc1nc(Nc2ccc(F)cc2)nc(Nc2ccc(F)cc2)n1)C(=O)Nc1ccc(Br)cc1. The molecule has 4 aromatic rings. The number of benzene rings is 3. The van der Waals surface area contributed by atoms with E-state index < -0.39 is 6.04 Å². The molecule has 11 heteroatoms. The summed E-state index contributed by atoms with van der Waals surface area (Å²) in [6.45, 7) is 1.66. The topological polar surface area (TPSA) is 104 Å². The summed E-state index contributed by atoms with van der Waals surface area (Å²) >= 11 is 3.36. The van der Waals surface area contributed by atoms with Gasteiger partial charge in [0.1, 0.15) is 17.7 Å². The standard InChI is InChI=1S/C24H20BrF2N7O/c1-14(21(35)29-18-8-2-15(25)3-9-18)28-22-32-23(30-19-10-4-16(26)5-11-19)34-24(33-22)31-20-12-6-17(27)7-13-20/h2-14H,1H3,(H,29,35)(H3,28,30,31,32,33,34). The Bertz CT molecular complexity index is 1240. The fourth-order valence-electron chi connectivity index (χ4n) is 2.92. The Hall–Kier alpha value is -4.12. The van der Waals surface area contributed by atoms with Crippen LogP contribution in [0.1, 0.15) is 6.92 Å². The van der Waals surface area contributed by atoms with Gasteiger partial charge < -0.3 is 21.3 Å². The number of rotatable bonds is 8. The lowest BCUT2D eigenvalue weighted by molar-refractivity contribution is -0.116. The van der Waals surface area contributed by atoms with Crippen LogP contribution in [-0.2, 0) is 4.79 Å². The maximum atomic E-state index is 13.3. The van der Waals surface area contributed by atoms with Gasteiger partial charge in [-0.2, -0.15) is 15.0 Å². The quantitative estimate of drug-likeness (QED) is 0.223. The normalized spacial score (nSPS) is 11.4. The highest BCUT2D eigenvalue weighted by Crippen LogP contribution is 2.20. The summed E-state index contributed by atoms with van der Waals surface area (Å²) < 4.78 is 27.4. The van der Waals surface area contributed by atoms with Gasteiger partial charge in [0.25, 0.3) is 0 Å². The van der Waals surface area contributed by atoms with Gasteiger partial charge in [-0.25, -0.2) is 8.78 Å². The molecule has 1 aromatic heterocycles. The predicted octanol–water partition coefficient (Wildman–Crippen LogP) is 5.84. The van der Waals surface area contributed by atoms with E-state index >= 15 is 0 Å². The zero-order chi connectivity index (χ0) is 24.8. The second-order valence-corrected chi connectivity index (χ2v) is 8.35. The molecule has 178 valence electrons. The van der Waals surface area contributed by atoms with Crippen LogP contribution < -0.4 is 21.3 Å². The molecule has 1 amide bonds. The van der Waals surface area contributed by atoms with E-state index in [-0.39, 0.29) is 35.4 Å². The minimum Gasteiger partial charge on any atom is -0.342 e. The van der Waals surface area contributed by atoms with Crippen molar-refractivity contribution in [1.82, 2.24) is 15.0 Å². The zero-order valence-electron chi connectivity index (χ0n) is 18.4. The molecule has 8 nitrogen and oxygen atoms in total. The Labute approximate surface area is 208 Å². The third kappa shape index (κ3) is 6.93. The van der Waals surface area contributed by atoms with Crippen LogP contribution in [0.15, 0.2) is 77.3 Å². The lowest BCUT2D eigenvalue weighted by atomic mass is 10.2. The van der Waals surface area contributed by atoms with Gasteiger partial charge in [0.15, 0.2) is 0 Å². The number of nitrogens with one attached hydrogen (secondary N) is 4. The molecule has 0 radical (unpaired) electrons. The summed E-state index contributed by atoms with van der Waals surface area (Å²) in [7, 11) is 0. The Kier molecular flexibility index (Phi) is 7.46. The maximum Gasteiger partial charge on any atom is 0.246 e. The third-order valence-electron chi connectivity index (χ3n) is 4.69. The van der Waals surface area contributed by atoms with Crippen molar-refractivity contribution in [2.75, 3.05) is 21.3 Å². The maximum absolute atomic E-state index is 13.3. The predicted molar refractivity (Wildman–Crippen MR) is 135 cm³/mol. The molecule has 0 bridgehead atoms. The first-order chi connectivity index (χ1) is 16.8. The number of carbonyl (C=O) groups excluding carboxylic acids is 1. The largest absolute Gasteiger partial charge is 0.342 e. The molecule has 4 rings (SSSR count). The molecule has 1 atom stereocenters. The highest BCUT2D eigenvalue weighted by molar-refractivity contribution is 9.10. The second kappa shape index (κ2) is 10.9. The molecule has 0 saturated carbocycles. The van der Waals surface area contributed by atoms with Crippen LogP contribution in [0, 0.1) is 11.6 Å². The van der Waals surface area contributed by atoms with Crippen molar-refractivity contribution < 1.29 is 13.6 Å².